The Hall–Kier alpha value is -1.47. The predicted octanol–water partition coefficient (Wildman–Crippen LogP) is 0.450. The van der Waals surface area contributed by atoms with Gasteiger partial charge in [0.05, 0.1) is 5.46 Å². The van der Waals surface area contributed by atoms with Crippen LogP contribution in [0.25, 0.3) is 11.0 Å². The number of aromatic nitrogens is 2. The Bertz CT molecular complexity index is 602. The van der Waals surface area contributed by atoms with Crippen molar-refractivity contribution < 1.29 is 22.7 Å². The van der Waals surface area contributed by atoms with Crippen molar-refractivity contribution in [3.8, 4) is 0 Å². The fourth-order valence-electron chi connectivity index (χ4n) is 2.06. The number of hydrogen-bond acceptors (Lipinski definition) is 5. The molecule has 5 nitrogen and oxygen atoms in total. The van der Waals surface area contributed by atoms with Gasteiger partial charge in [-0.1, -0.05) is 24.0 Å². The van der Waals surface area contributed by atoms with Gasteiger partial charge in [0, 0.05) is 14.2 Å². The molecular formula is C10H12B2F2N2O3. The Labute approximate surface area is 109 Å². The van der Waals surface area contributed by atoms with Crippen LogP contribution >= 0.6 is 0 Å². The van der Waals surface area contributed by atoms with Crippen LogP contribution in [0.15, 0.2) is 4.63 Å². The van der Waals surface area contributed by atoms with E-state index in [-0.39, 0.29) is 28.7 Å². The molecule has 0 atom stereocenters. The molecule has 0 aliphatic carbocycles. The Morgan fingerprint density at radius 1 is 0.947 bits per heavy atom. The van der Waals surface area contributed by atoms with Crippen molar-refractivity contribution in [2.75, 3.05) is 14.2 Å². The first-order valence-electron chi connectivity index (χ1n) is 5.71. The van der Waals surface area contributed by atoms with E-state index in [2.05, 4.69) is 14.9 Å². The minimum absolute atomic E-state index is 0.108. The third-order valence-electron chi connectivity index (χ3n) is 2.91. The first-order chi connectivity index (χ1) is 9.02. The molecule has 1 heterocycles. The fourth-order valence-corrected chi connectivity index (χ4v) is 2.06. The lowest BCUT2D eigenvalue weighted by Gasteiger charge is -2.13. The molecule has 0 radical (unpaired) electrons. The summed E-state index contributed by atoms with van der Waals surface area (Å²) in [5, 5.41) is 7.28. The highest BCUT2D eigenvalue weighted by molar-refractivity contribution is 6.74. The molecule has 1 aromatic carbocycles. The van der Waals surface area contributed by atoms with Crippen LogP contribution in [0, 0.1) is 11.6 Å². The standard InChI is InChI=1S/C10H12B2F2N2O3/c1-11(2)5-7(13)8(14)6(12(17-3)18-4)10-9(5)15-19-16-10/h1-4H3. The zero-order valence-electron chi connectivity index (χ0n) is 11.0. The maximum Gasteiger partial charge on any atom is 0.499 e. The number of benzene rings is 1. The van der Waals surface area contributed by atoms with Gasteiger partial charge in [-0.25, -0.2) is 13.4 Å². The van der Waals surface area contributed by atoms with Crippen LogP contribution in [-0.4, -0.2) is 38.4 Å². The average molecular weight is 268 g/mol. The Kier molecular flexibility index (Phi) is 3.86. The zero-order chi connectivity index (χ0) is 14.2. The molecule has 0 aliphatic heterocycles. The van der Waals surface area contributed by atoms with E-state index in [1.54, 1.807) is 13.6 Å². The van der Waals surface area contributed by atoms with E-state index in [0.29, 0.717) is 0 Å². The summed E-state index contributed by atoms with van der Waals surface area (Å²) in [6.45, 7) is 3.20. The molecule has 19 heavy (non-hydrogen) atoms. The Balaban J connectivity index is 2.83. The molecule has 1 aromatic heterocycles. The molecule has 0 spiro atoms. The summed E-state index contributed by atoms with van der Waals surface area (Å²) in [5.41, 5.74) is 0.269. The van der Waals surface area contributed by atoms with Crippen molar-refractivity contribution in [3.63, 3.8) is 0 Å². The zero-order valence-corrected chi connectivity index (χ0v) is 11.0. The van der Waals surface area contributed by atoms with Gasteiger partial charge in [0.15, 0.2) is 18.3 Å². The number of hydrogen-bond donors (Lipinski definition) is 0. The molecule has 100 valence electrons. The van der Waals surface area contributed by atoms with E-state index in [9.17, 15) is 8.78 Å². The van der Waals surface area contributed by atoms with Crippen LogP contribution in [0.1, 0.15) is 0 Å². The summed E-state index contributed by atoms with van der Waals surface area (Å²) >= 11 is 0. The molecule has 0 aliphatic rings. The summed E-state index contributed by atoms with van der Waals surface area (Å²) in [4.78, 5) is 0. The number of fused-ring (bicyclic) bond motifs is 1. The Morgan fingerprint density at radius 3 is 1.89 bits per heavy atom. The van der Waals surface area contributed by atoms with Gasteiger partial charge < -0.3 is 9.31 Å². The SMILES string of the molecule is COB(OC)c1c(F)c(F)c(B(C)C)c2nonc12. The lowest BCUT2D eigenvalue weighted by Crippen LogP contribution is -2.42. The maximum absolute atomic E-state index is 14.2. The second kappa shape index (κ2) is 5.26. The van der Waals surface area contributed by atoms with Crippen LogP contribution in [0.4, 0.5) is 8.78 Å². The molecular weight excluding hydrogens is 256 g/mol. The molecule has 0 unspecified atom stereocenters. The van der Waals surface area contributed by atoms with E-state index in [0.717, 1.165) is 0 Å². The smallest absolute Gasteiger partial charge is 0.410 e. The third kappa shape index (κ3) is 2.12. The van der Waals surface area contributed by atoms with Gasteiger partial charge in [0.2, 0.25) is 0 Å². The number of nitrogens with zero attached hydrogens (tertiary/aromatic N) is 2. The van der Waals surface area contributed by atoms with Gasteiger partial charge >= 0.3 is 7.12 Å². The van der Waals surface area contributed by atoms with Crippen molar-refractivity contribution in [3.05, 3.63) is 11.6 Å². The lowest BCUT2D eigenvalue weighted by molar-refractivity contribution is 0.290. The Morgan fingerprint density at radius 2 is 1.42 bits per heavy atom. The predicted molar refractivity (Wildman–Crippen MR) is 68.2 cm³/mol. The van der Waals surface area contributed by atoms with E-state index in [1.165, 1.54) is 14.2 Å². The first kappa shape index (κ1) is 13.9. The molecule has 0 saturated carbocycles. The van der Waals surface area contributed by atoms with Crippen molar-refractivity contribution in [1.82, 2.24) is 10.3 Å². The summed E-state index contributed by atoms with van der Waals surface area (Å²) < 4.78 is 42.9. The largest absolute Gasteiger partial charge is 0.499 e. The average Bonchev–Trinajstić information content (AvgIpc) is 2.83. The summed E-state index contributed by atoms with van der Waals surface area (Å²) in [6, 6.07) is 0. The fraction of sp³-hybridized carbons (Fsp3) is 0.400. The van der Waals surface area contributed by atoms with Crippen molar-refractivity contribution in [1.29, 1.82) is 0 Å². The summed E-state index contributed by atoms with van der Waals surface area (Å²) in [5.74, 6) is -2.03. The molecule has 0 saturated heterocycles. The van der Waals surface area contributed by atoms with E-state index in [4.69, 9.17) is 9.31 Å². The van der Waals surface area contributed by atoms with Gasteiger partial charge in [-0.05, 0) is 5.46 Å². The third-order valence-corrected chi connectivity index (χ3v) is 2.91. The quantitative estimate of drug-likeness (QED) is 0.753. The molecule has 0 fully saturated rings. The summed E-state index contributed by atoms with van der Waals surface area (Å²) in [7, 11) is 1.56. The van der Waals surface area contributed by atoms with E-state index >= 15 is 0 Å². The minimum atomic E-state index is -1.08. The van der Waals surface area contributed by atoms with Crippen LogP contribution in [-0.2, 0) is 9.31 Å². The van der Waals surface area contributed by atoms with Crippen LogP contribution in [0.3, 0.4) is 0 Å². The number of rotatable bonds is 4. The molecule has 9 heteroatoms. The van der Waals surface area contributed by atoms with Gasteiger partial charge in [-0.3, -0.25) is 0 Å². The van der Waals surface area contributed by atoms with E-state index < -0.39 is 18.8 Å². The van der Waals surface area contributed by atoms with Crippen LogP contribution in [0.5, 0.6) is 0 Å². The molecule has 0 amide bonds. The highest BCUT2D eigenvalue weighted by Crippen LogP contribution is 2.14. The molecule has 2 rings (SSSR count). The normalized spacial score (nSPS) is 11.1. The topological polar surface area (TPSA) is 57.4 Å². The molecule has 0 bridgehead atoms. The van der Waals surface area contributed by atoms with Crippen molar-refractivity contribution >= 4 is 35.8 Å². The summed E-state index contributed by atoms with van der Waals surface area (Å²) in [6.07, 6.45) is 0. The van der Waals surface area contributed by atoms with Crippen molar-refractivity contribution in [2.45, 2.75) is 13.6 Å². The van der Waals surface area contributed by atoms with Crippen molar-refractivity contribution in [2.24, 2.45) is 0 Å². The maximum atomic E-state index is 14.2. The van der Waals surface area contributed by atoms with Gasteiger partial charge in [-0.15, -0.1) is 0 Å². The molecule has 2 aromatic rings. The van der Waals surface area contributed by atoms with Crippen LogP contribution in [0.2, 0.25) is 13.6 Å². The second-order valence-electron chi connectivity index (χ2n) is 4.37. The van der Waals surface area contributed by atoms with Gasteiger partial charge in [0.1, 0.15) is 11.0 Å². The monoisotopic (exact) mass is 268 g/mol. The van der Waals surface area contributed by atoms with Gasteiger partial charge in [0.25, 0.3) is 0 Å². The lowest BCUT2D eigenvalue weighted by atomic mass is 9.48. The molecule has 0 N–H and O–H groups in total. The highest BCUT2D eigenvalue weighted by atomic mass is 19.2. The second-order valence-corrected chi connectivity index (χ2v) is 4.37. The van der Waals surface area contributed by atoms with Gasteiger partial charge in [-0.2, -0.15) is 0 Å². The van der Waals surface area contributed by atoms with E-state index in [1.807, 2.05) is 0 Å². The van der Waals surface area contributed by atoms with Crippen LogP contribution < -0.4 is 10.9 Å². The number of halogens is 2. The highest BCUT2D eigenvalue weighted by Gasteiger charge is 2.33. The first-order valence-corrected chi connectivity index (χ1v) is 5.71. The minimum Gasteiger partial charge on any atom is -0.410 e.